The first-order valence-electron chi connectivity index (χ1n) is 24.7. The fourth-order valence-electron chi connectivity index (χ4n) is 10.5. The first-order chi connectivity index (χ1) is 35.9. The van der Waals surface area contributed by atoms with Gasteiger partial charge in [0.1, 0.15) is 35.7 Å². The Kier molecular flexibility index (Phi) is 17.7. The minimum atomic E-state index is -1.65. The lowest BCUT2D eigenvalue weighted by atomic mass is 9.55. The number of carbonyl (C=O) groups excluding carboxylic acids is 1. The Morgan fingerprint density at radius 2 is 1.53 bits per heavy atom. The lowest BCUT2D eigenvalue weighted by molar-refractivity contribution is -0.385. The Labute approximate surface area is 433 Å². The summed E-state index contributed by atoms with van der Waals surface area (Å²) in [7, 11) is 0. The second kappa shape index (κ2) is 24.7. The van der Waals surface area contributed by atoms with Gasteiger partial charge in [0.05, 0.1) is 28.1 Å². The molecule has 0 spiro atoms. The monoisotopic (exact) mass is 1030 g/mol. The number of nitro benzene ring substituents is 2. The van der Waals surface area contributed by atoms with Crippen molar-refractivity contribution in [3.63, 3.8) is 0 Å². The molecule has 15 nitrogen and oxygen atoms in total. The van der Waals surface area contributed by atoms with E-state index in [-0.39, 0.29) is 68.5 Å². The van der Waals surface area contributed by atoms with Crippen LogP contribution in [0.1, 0.15) is 73.1 Å². The molecule has 1 saturated carbocycles. The number of oxime groups is 1. The number of carbonyl (C=O) groups is 1. The molecule has 5 aromatic carbocycles. The number of unbranched alkanes of at least 4 members (excludes halogenated alkanes) is 2. The van der Waals surface area contributed by atoms with E-state index in [1.54, 1.807) is 65.2 Å². The summed E-state index contributed by atoms with van der Waals surface area (Å²) in [6.07, 6.45) is 12.8. The zero-order valence-electron chi connectivity index (χ0n) is 41.0. The average Bonchev–Trinajstić information content (AvgIpc) is 3.45. The molecular formula is C57H59FN4O11S. The third-order valence-corrected chi connectivity index (χ3v) is 14.7. The van der Waals surface area contributed by atoms with Gasteiger partial charge in [0.2, 0.25) is 11.7 Å². The molecule has 1 amide bonds. The summed E-state index contributed by atoms with van der Waals surface area (Å²) in [6.45, 7) is 3.99. The van der Waals surface area contributed by atoms with Crippen LogP contribution in [0.3, 0.4) is 0 Å². The number of hydrogen-bond acceptors (Lipinski definition) is 13. The van der Waals surface area contributed by atoms with E-state index in [0.717, 1.165) is 22.5 Å². The predicted molar refractivity (Wildman–Crippen MR) is 280 cm³/mol. The lowest BCUT2D eigenvalue weighted by Gasteiger charge is -2.60. The molecule has 74 heavy (non-hydrogen) atoms. The number of nitrogens with zero attached hydrogens (tertiary/aromatic N) is 4. The molecule has 3 aliphatic rings. The van der Waals surface area contributed by atoms with Gasteiger partial charge < -0.3 is 34.2 Å². The smallest absolute Gasteiger partial charge is 0.269 e. The molecule has 5 aromatic rings. The molecule has 0 radical (unpaired) electrons. The highest BCUT2D eigenvalue weighted by Crippen LogP contribution is 2.62. The van der Waals surface area contributed by atoms with E-state index in [1.807, 2.05) is 48.7 Å². The van der Waals surface area contributed by atoms with Gasteiger partial charge in [-0.1, -0.05) is 42.3 Å². The molecule has 0 unspecified atom stereocenters. The van der Waals surface area contributed by atoms with Crippen molar-refractivity contribution in [2.45, 2.75) is 80.7 Å². The average molecular weight is 1030 g/mol. The summed E-state index contributed by atoms with van der Waals surface area (Å²) in [5.74, 6) is -2.08. The number of aliphatic hydroxyl groups is 2. The molecule has 386 valence electrons. The zero-order chi connectivity index (χ0) is 52.2. The van der Waals surface area contributed by atoms with Crippen LogP contribution in [0.25, 0.3) is 6.08 Å². The van der Waals surface area contributed by atoms with Crippen LogP contribution in [0, 0.1) is 43.8 Å². The van der Waals surface area contributed by atoms with Crippen molar-refractivity contribution in [3.8, 4) is 17.2 Å². The molecule has 0 aromatic heterocycles. The Balaban J connectivity index is 1.33. The van der Waals surface area contributed by atoms with E-state index in [2.05, 4.69) is 12.7 Å². The van der Waals surface area contributed by atoms with Crippen molar-refractivity contribution in [1.82, 2.24) is 4.90 Å². The highest BCUT2D eigenvalue weighted by molar-refractivity contribution is 7.98. The van der Waals surface area contributed by atoms with Crippen LogP contribution in [0.2, 0.25) is 0 Å². The normalized spacial score (nSPS) is 21.2. The van der Waals surface area contributed by atoms with Crippen molar-refractivity contribution in [3.05, 3.63) is 194 Å². The molecule has 2 aliphatic carbocycles. The molecule has 2 N–H and O–H groups in total. The van der Waals surface area contributed by atoms with Gasteiger partial charge in [-0.2, -0.15) is 0 Å². The summed E-state index contributed by atoms with van der Waals surface area (Å²) in [4.78, 5) is 46.1. The van der Waals surface area contributed by atoms with E-state index >= 15 is 4.79 Å². The summed E-state index contributed by atoms with van der Waals surface area (Å²) in [6, 6.07) is 30.2. The number of amides is 1. The molecule has 6 atom stereocenters. The number of ether oxygens (including phenoxy) is 3. The third-order valence-electron chi connectivity index (χ3n) is 13.9. The highest BCUT2D eigenvalue weighted by atomic mass is 32.2. The number of aliphatic hydroxyl groups excluding tert-OH is 2. The number of allylic oxidation sites excluding steroid dienone is 1. The third kappa shape index (κ3) is 12.2. The Bertz CT molecular complexity index is 2860. The number of nitro groups is 2. The number of fused-ring (bicyclic) bond motifs is 2. The van der Waals surface area contributed by atoms with Gasteiger partial charge in [0, 0.05) is 72.9 Å². The van der Waals surface area contributed by atoms with Crippen LogP contribution in [-0.2, 0) is 27.5 Å². The number of benzene rings is 5. The van der Waals surface area contributed by atoms with E-state index in [9.17, 15) is 34.8 Å². The van der Waals surface area contributed by atoms with Gasteiger partial charge in [-0.25, -0.2) is 4.39 Å². The number of thioether (sulfide) groups is 1. The number of halogens is 1. The number of hydrogen-bond donors (Lipinski definition) is 2. The predicted octanol–water partition coefficient (Wildman–Crippen LogP) is 11.7. The van der Waals surface area contributed by atoms with Crippen LogP contribution in [-0.4, -0.2) is 74.5 Å². The minimum Gasteiger partial charge on any atom is -0.459 e. The van der Waals surface area contributed by atoms with Crippen LogP contribution >= 0.6 is 11.8 Å². The van der Waals surface area contributed by atoms with Crippen molar-refractivity contribution < 1.29 is 48.3 Å². The summed E-state index contributed by atoms with van der Waals surface area (Å²) in [5, 5.41) is 48.0. The van der Waals surface area contributed by atoms with Crippen LogP contribution in [0.5, 0.6) is 17.2 Å². The first kappa shape index (κ1) is 53.1. The van der Waals surface area contributed by atoms with Crippen molar-refractivity contribution >= 4 is 40.8 Å². The highest BCUT2D eigenvalue weighted by Gasteiger charge is 2.65. The van der Waals surface area contributed by atoms with E-state index in [0.29, 0.717) is 71.8 Å². The standard InChI is InChI=1S/C57H59FN4O11S/c1-3-32-70-57-53(60(36-39-10-17-42(58)18-11-39)54(65)29-16-38-12-19-43(20-13-38)61(66)67)35-51(59-71-37-40-14-21-44(22-15-40)62(68)69)49-33-41(8-4-6-30-63)48(9-5-7-31-64)55(56(49)57)50-34-46(25-28-52(50)73-57)72-45-23-26-47(74-2)27-24-45/h3,10-29,33-34,41,48,53,55-56,63-64H,1,4-9,30-32,35-37H2,2H3/t41-,48+,53-,55+,56+,57+/m0/s1. The zero-order valence-corrected chi connectivity index (χ0v) is 41.8. The van der Waals surface area contributed by atoms with E-state index in [1.165, 1.54) is 42.5 Å². The fraction of sp³-hybridized carbons (Fsp3) is 0.333. The molecule has 1 fully saturated rings. The molecule has 0 saturated heterocycles. The largest absolute Gasteiger partial charge is 0.459 e. The van der Waals surface area contributed by atoms with Crippen molar-refractivity contribution in [2.75, 3.05) is 26.1 Å². The topological polar surface area (TPSA) is 196 Å². The second-order valence-corrected chi connectivity index (χ2v) is 19.4. The van der Waals surface area contributed by atoms with Gasteiger partial charge >= 0.3 is 0 Å². The maximum atomic E-state index is 15.3. The number of rotatable bonds is 24. The minimum absolute atomic E-state index is 0.00497. The number of non-ortho nitro benzene ring substituents is 2. The Morgan fingerprint density at radius 1 is 0.878 bits per heavy atom. The van der Waals surface area contributed by atoms with Gasteiger partial charge in [0.15, 0.2) is 0 Å². The van der Waals surface area contributed by atoms with Crippen LogP contribution < -0.4 is 9.47 Å². The summed E-state index contributed by atoms with van der Waals surface area (Å²) in [5.41, 5.74) is 3.73. The summed E-state index contributed by atoms with van der Waals surface area (Å²) < 4.78 is 35.7. The maximum absolute atomic E-state index is 15.3. The Morgan fingerprint density at radius 3 is 2.18 bits per heavy atom. The first-order valence-corrected chi connectivity index (χ1v) is 25.9. The maximum Gasteiger partial charge on any atom is 0.269 e. The van der Waals surface area contributed by atoms with Crippen molar-refractivity contribution in [1.29, 1.82) is 0 Å². The van der Waals surface area contributed by atoms with Gasteiger partial charge in [-0.05, 0) is 151 Å². The molecule has 0 bridgehead atoms. The van der Waals surface area contributed by atoms with E-state index in [4.69, 9.17) is 24.2 Å². The van der Waals surface area contributed by atoms with Gasteiger partial charge in [-0.3, -0.25) is 25.0 Å². The van der Waals surface area contributed by atoms with Gasteiger partial charge in [0.25, 0.3) is 11.4 Å². The molecule has 8 rings (SSSR count). The van der Waals surface area contributed by atoms with Crippen molar-refractivity contribution in [2.24, 2.45) is 22.9 Å². The SMILES string of the molecule is C=CCO[C@@]12Oc3ccc(Oc4ccc(SC)cc4)cc3[C@H]3[C@H](CCCCO)[C@@H](CCCCO)C=C(C(=NOCc4ccc([N+](=O)[O-])cc4)C[C@@H]1N(Cc1ccc(F)cc1)C(=O)C=Cc1ccc([N+](=O)[O-])cc1)[C@H]32. The quantitative estimate of drug-likeness (QED) is 0.0148. The molecular weight excluding hydrogens is 968 g/mol. The molecule has 1 aliphatic heterocycles. The van der Waals surface area contributed by atoms with Gasteiger partial charge in [-0.15, -0.1) is 18.3 Å². The molecule has 1 heterocycles. The molecule has 17 heteroatoms. The van der Waals surface area contributed by atoms with Crippen LogP contribution in [0.4, 0.5) is 15.8 Å². The Hall–Kier alpha value is -7.18. The fourth-order valence-corrected chi connectivity index (χ4v) is 10.9. The summed E-state index contributed by atoms with van der Waals surface area (Å²) >= 11 is 1.63. The lowest BCUT2D eigenvalue weighted by Crippen LogP contribution is -2.70. The van der Waals surface area contributed by atoms with Crippen LogP contribution in [0.15, 0.2) is 156 Å². The second-order valence-electron chi connectivity index (χ2n) is 18.5. The van der Waals surface area contributed by atoms with E-state index < -0.39 is 39.3 Å².